The number of β-amino-alcohol motifs (C(OH)–C–C–N with tert-alkyl or cyclic N) is 1. The van der Waals surface area contributed by atoms with E-state index in [9.17, 15) is 13.5 Å². The van der Waals surface area contributed by atoms with E-state index >= 15 is 0 Å². The minimum Gasteiger partial charge on any atom is -0.389 e. The first-order valence-corrected chi connectivity index (χ1v) is 7.38. The number of sulfone groups is 1. The van der Waals surface area contributed by atoms with E-state index in [0.29, 0.717) is 32.5 Å². The number of nitrogens with zero attached hydrogens (tertiary/aromatic N) is 1. The molecule has 1 rings (SSSR count). The molecule has 0 aromatic carbocycles. The van der Waals surface area contributed by atoms with Crippen molar-refractivity contribution in [3.63, 3.8) is 0 Å². The van der Waals surface area contributed by atoms with Gasteiger partial charge in [-0.3, -0.25) is 4.90 Å². The van der Waals surface area contributed by atoms with Crippen molar-refractivity contribution < 1.29 is 13.5 Å². The van der Waals surface area contributed by atoms with Crippen molar-refractivity contribution in [3.05, 3.63) is 0 Å². The van der Waals surface area contributed by atoms with Crippen molar-refractivity contribution in [1.82, 2.24) is 4.90 Å². The number of rotatable bonds is 4. The van der Waals surface area contributed by atoms with Crippen LogP contribution in [-0.4, -0.2) is 55.2 Å². The van der Waals surface area contributed by atoms with Gasteiger partial charge < -0.3 is 5.11 Å². The highest BCUT2D eigenvalue weighted by molar-refractivity contribution is 7.91. The maximum Gasteiger partial charge on any atom is 0.152 e. The van der Waals surface area contributed by atoms with Gasteiger partial charge >= 0.3 is 0 Å². The lowest BCUT2D eigenvalue weighted by molar-refractivity contribution is -0.00127. The highest BCUT2D eigenvalue weighted by Crippen LogP contribution is 2.17. The van der Waals surface area contributed by atoms with E-state index in [1.165, 1.54) is 0 Å². The van der Waals surface area contributed by atoms with Crippen LogP contribution >= 0.6 is 0 Å². The Kier molecular flexibility index (Phi) is 4.14. The molecule has 0 amide bonds. The zero-order chi connectivity index (χ0) is 11.5. The van der Waals surface area contributed by atoms with Crippen LogP contribution in [0.25, 0.3) is 0 Å². The van der Waals surface area contributed by atoms with Crippen LogP contribution < -0.4 is 0 Å². The van der Waals surface area contributed by atoms with E-state index in [4.69, 9.17) is 0 Å². The monoisotopic (exact) mass is 235 g/mol. The lowest BCUT2D eigenvalue weighted by Gasteiger charge is -2.34. The summed E-state index contributed by atoms with van der Waals surface area (Å²) in [5.41, 5.74) is -0.652. The predicted molar refractivity (Wildman–Crippen MR) is 60.6 cm³/mol. The average molecular weight is 235 g/mol. The minimum atomic E-state index is -2.81. The first-order valence-electron chi connectivity index (χ1n) is 5.56. The standard InChI is InChI=1S/C10H21NO3S/c1-3-10(12,4-2)9-11-5-7-15(13,14)8-6-11/h12H,3-9H2,1-2H3. The summed E-state index contributed by atoms with van der Waals surface area (Å²) in [6.45, 7) is 5.64. The Morgan fingerprint density at radius 3 is 2.07 bits per heavy atom. The molecule has 0 aliphatic carbocycles. The van der Waals surface area contributed by atoms with E-state index in [1.807, 2.05) is 18.7 Å². The Bertz CT molecular complexity index is 282. The molecule has 15 heavy (non-hydrogen) atoms. The lowest BCUT2D eigenvalue weighted by atomic mass is 9.97. The largest absolute Gasteiger partial charge is 0.389 e. The highest BCUT2D eigenvalue weighted by Gasteiger charge is 2.29. The van der Waals surface area contributed by atoms with Crippen LogP contribution in [0.2, 0.25) is 0 Å². The van der Waals surface area contributed by atoms with Crippen molar-refractivity contribution in [2.24, 2.45) is 0 Å². The summed E-state index contributed by atoms with van der Waals surface area (Å²) >= 11 is 0. The molecule has 5 heteroatoms. The molecule has 1 saturated heterocycles. The van der Waals surface area contributed by atoms with E-state index in [-0.39, 0.29) is 11.5 Å². The van der Waals surface area contributed by atoms with Crippen LogP contribution in [0.5, 0.6) is 0 Å². The molecule has 4 nitrogen and oxygen atoms in total. The first-order chi connectivity index (χ1) is 6.91. The summed E-state index contributed by atoms with van der Waals surface area (Å²) in [5, 5.41) is 10.1. The Labute approximate surface area is 92.2 Å². The Balaban J connectivity index is 2.48. The van der Waals surface area contributed by atoms with Crippen LogP contribution in [-0.2, 0) is 9.84 Å². The molecule has 0 aromatic heterocycles. The van der Waals surface area contributed by atoms with Gasteiger partial charge in [-0.2, -0.15) is 0 Å². The van der Waals surface area contributed by atoms with Crippen LogP contribution in [0, 0.1) is 0 Å². The van der Waals surface area contributed by atoms with Gasteiger partial charge in [0, 0.05) is 19.6 Å². The van der Waals surface area contributed by atoms with Gasteiger partial charge in [-0.25, -0.2) is 8.42 Å². The van der Waals surface area contributed by atoms with Crippen molar-refractivity contribution in [2.45, 2.75) is 32.3 Å². The fourth-order valence-corrected chi connectivity index (χ4v) is 3.08. The van der Waals surface area contributed by atoms with Gasteiger partial charge in [0.2, 0.25) is 0 Å². The van der Waals surface area contributed by atoms with Crippen molar-refractivity contribution in [3.8, 4) is 0 Å². The molecule has 0 spiro atoms. The topological polar surface area (TPSA) is 57.6 Å². The summed E-state index contributed by atoms with van der Waals surface area (Å²) in [6.07, 6.45) is 1.43. The Morgan fingerprint density at radius 1 is 1.20 bits per heavy atom. The van der Waals surface area contributed by atoms with Gasteiger partial charge in [0.05, 0.1) is 17.1 Å². The summed E-state index contributed by atoms with van der Waals surface area (Å²) in [7, 11) is -2.81. The number of hydrogen-bond acceptors (Lipinski definition) is 4. The van der Waals surface area contributed by atoms with Crippen molar-refractivity contribution >= 4 is 9.84 Å². The molecule has 0 unspecified atom stereocenters. The molecule has 0 saturated carbocycles. The number of hydrogen-bond donors (Lipinski definition) is 1. The molecule has 1 N–H and O–H groups in total. The van der Waals surface area contributed by atoms with E-state index < -0.39 is 15.4 Å². The molecule has 90 valence electrons. The number of aliphatic hydroxyl groups is 1. The highest BCUT2D eigenvalue weighted by atomic mass is 32.2. The van der Waals surface area contributed by atoms with Gasteiger partial charge in [0.1, 0.15) is 0 Å². The SMILES string of the molecule is CCC(O)(CC)CN1CCS(=O)(=O)CC1. The fourth-order valence-electron chi connectivity index (χ4n) is 1.80. The predicted octanol–water partition coefficient (Wildman–Crippen LogP) is 0.268. The van der Waals surface area contributed by atoms with Gasteiger partial charge in [-0.05, 0) is 12.8 Å². The summed E-state index contributed by atoms with van der Waals surface area (Å²) < 4.78 is 22.4. The molecule has 1 aliphatic rings. The van der Waals surface area contributed by atoms with E-state index in [2.05, 4.69) is 0 Å². The third-order valence-electron chi connectivity index (χ3n) is 3.27. The quantitative estimate of drug-likeness (QED) is 0.760. The second kappa shape index (κ2) is 4.80. The van der Waals surface area contributed by atoms with Crippen molar-refractivity contribution in [1.29, 1.82) is 0 Å². The van der Waals surface area contributed by atoms with E-state index in [0.717, 1.165) is 0 Å². The van der Waals surface area contributed by atoms with Crippen LogP contribution in [0.15, 0.2) is 0 Å². The maximum atomic E-state index is 11.2. The van der Waals surface area contributed by atoms with Crippen molar-refractivity contribution in [2.75, 3.05) is 31.1 Å². The third-order valence-corrected chi connectivity index (χ3v) is 4.88. The fraction of sp³-hybridized carbons (Fsp3) is 1.00. The van der Waals surface area contributed by atoms with Gasteiger partial charge in [-0.15, -0.1) is 0 Å². The lowest BCUT2D eigenvalue weighted by Crippen LogP contribution is -2.48. The second-order valence-corrected chi connectivity index (χ2v) is 6.66. The average Bonchev–Trinajstić information content (AvgIpc) is 2.21. The van der Waals surface area contributed by atoms with E-state index in [1.54, 1.807) is 0 Å². The smallest absolute Gasteiger partial charge is 0.152 e. The van der Waals surface area contributed by atoms with Crippen LogP contribution in [0.3, 0.4) is 0 Å². The van der Waals surface area contributed by atoms with Gasteiger partial charge in [0.15, 0.2) is 9.84 Å². The Hall–Kier alpha value is -0.130. The second-order valence-electron chi connectivity index (χ2n) is 4.36. The molecule has 0 atom stereocenters. The zero-order valence-electron chi connectivity index (χ0n) is 9.57. The zero-order valence-corrected chi connectivity index (χ0v) is 10.4. The molecular weight excluding hydrogens is 214 g/mol. The molecule has 1 fully saturated rings. The summed E-state index contributed by atoms with van der Waals surface area (Å²) in [5.74, 6) is 0.465. The first kappa shape index (κ1) is 12.9. The van der Waals surface area contributed by atoms with Gasteiger partial charge in [-0.1, -0.05) is 13.8 Å². The minimum absolute atomic E-state index is 0.233. The van der Waals surface area contributed by atoms with Crippen LogP contribution in [0.1, 0.15) is 26.7 Å². The third kappa shape index (κ3) is 3.74. The molecule has 0 bridgehead atoms. The molecule has 0 radical (unpaired) electrons. The molecular formula is C10H21NO3S. The van der Waals surface area contributed by atoms with Gasteiger partial charge in [0.25, 0.3) is 0 Å². The Morgan fingerprint density at radius 2 is 1.67 bits per heavy atom. The summed E-state index contributed by atoms with van der Waals surface area (Å²) in [4.78, 5) is 2.05. The normalized spacial score (nSPS) is 22.9. The molecule has 0 aromatic rings. The molecule has 1 heterocycles. The summed E-state index contributed by atoms with van der Waals surface area (Å²) in [6, 6.07) is 0. The van der Waals surface area contributed by atoms with Crippen LogP contribution in [0.4, 0.5) is 0 Å². The molecule has 1 aliphatic heterocycles. The maximum absolute atomic E-state index is 11.2.